The zero-order valence-electron chi connectivity index (χ0n) is 8.95. The Labute approximate surface area is 118 Å². The summed E-state index contributed by atoms with van der Waals surface area (Å²) in [5.74, 6) is 7.07. The Hall–Kier alpha value is -0.800. The molecule has 5 heteroatoms. The second-order valence-corrected chi connectivity index (χ2v) is 5.58. The van der Waals surface area contributed by atoms with Crippen LogP contribution in [0.1, 0.15) is 12.8 Å². The van der Waals surface area contributed by atoms with Gasteiger partial charge in [0.2, 0.25) is 0 Å². The summed E-state index contributed by atoms with van der Waals surface area (Å²) in [4.78, 5) is 8.27. The minimum atomic E-state index is 0.508. The third-order valence-corrected chi connectivity index (χ3v) is 3.80. The summed E-state index contributed by atoms with van der Waals surface area (Å²) in [6, 6.07) is 0. The number of halogens is 2. The number of hydrogen-bond donors (Lipinski definition) is 0. The van der Waals surface area contributed by atoms with Gasteiger partial charge in [0.25, 0.3) is 0 Å². The number of fused-ring (bicyclic) bond motifs is 1. The fourth-order valence-electron chi connectivity index (χ4n) is 1.66. The summed E-state index contributed by atoms with van der Waals surface area (Å²) >= 11 is 8.31. The molecule has 0 saturated heterocycles. The first-order chi connectivity index (χ1) is 8.25. The largest absolute Gasteiger partial charge is 0.320 e. The maximum Gasteiger partial charge on any atom is 0.146 e. The van der Waals surface area contributed by atoms with Crippen molar-refractivity contribution in [1.82, 2.24) is 14.5 Å². The average Bonchev–Trinajstić information content (AvgIpc) is 3.05. The van der Waals surface area contributed by atoms with Crippen LogP contribution in [0.25, 0.3) is 11.0 Å². The standard InChI is InChI=1S/C12H9ClIN3/c13-11-10-9(14)6-17(12(10)16-7-15-11)5-1-2-8-3-4-8/h6-8H,3-5H2. The number of aromatic nitrogens is 3. The van der Waals surface area contributed by atoms with Crippen LogP contribution in [0.5, 0.6) is 0 Å². The molecule has 0 bridgehead atoms. The molecule has 0 atom stereocenters. The van der Waals surface area contributed by atoms with Crippen LogP contribution in [0.15, 0.2) is 12.5 Å². The summed E-state index contributed by atoms with van der Waals surface area (Å²) < 4.78 is 3.09. The van der Waals surface area contributed by atoms with Crippen LogP contribution in [-0.4, -0.2) is 14.5 Å². The second kappa shape index (κ2) is 4.46. The van der Waals surface area contributed by atoms with Crippen LogP contribution < -0.4 is 0 Å². The van der Waals surface area contributed by atoms with Crippen molar-refractivity contribution in [3.63, 3.8) is 0 Å². The predicted molar refractivity (Wildman–Crippen MR) is 75.8 cm³/mol. The number of rotatable bonds is 1. The quantitative estimate of drug-likeness (QED) is 0.446. The van der Waals surface area contributed by atoms with Gasteiger partial charge in [-0.3, -0.25) is 0 Å². The molecule has 1 saturated carbocycles. The molecule has 0 unspecified atom stereocenters. The minimum absolute atomic E-state index is 0.508. The average molecular weight is 358 g/mol. The van der Waals surface area contributed by atoms with Gasteiger partial charge in [0.05, 0.1) is 11.9 Å². The zero-order chi connectivity index (χ0) is 11.8. The Balaban J connectivity index is 1.99. The first kappa shape index (κ1) is 11.3. The summed E-state index contributed by atoms with van der Waals surface area (Å²) in [7, 11) is 0. The van der Waals surface area contributed by atoms with E-state index in [1.165, 1.54) is 19.2 Å². The van der Waals surface area contributed by atoms with E-state index < -0.39 is 0 Å². The second-order valence-electron chi connectivity index (χ2n) is 4.06. The van der Waals surface area contributed by atoms with Crippen molar-refractivity contribution in [3.05, 3.63) is 21.2 Å². The highest BCUT2D eigenvalue weighted by Crippen LogP contribution is 2.28. The fourth-order valence-corrected chi connectivity index (χ4v) is 2.89. The number of hydrogen-bond acceptors (Lipinski definition) is 2. The van der Waals surface area contributed by atoms with E-state index in [0.29, 0.717) is 17.6 Å². The molecule has 0 spiro atoms. The smallest absolute Gasteiger partial charge is 0.146 e. The monoisotopic (exact) mass is 357 g/mol. The van der Waals surface area contributed by atoms with Crippen LogP contribution in [0.3, 0.4) is 0 Å². The van der Waals surface area contributed by atoms with E-state index in [1.54, 1.807) is 0 Å². The summed E-state index contributed by atoms with van der Waals surface area (Å²) in [5.41, 5.74) is 0.861. The van der Waals surface area contributed by atoms with Gasteiger partial charge >= 0.3 is 0 Å². The van der Waals surface area contributed by atoms with E-state index in [4.69, 9.17) is 11.6 Å². The third kappa shape index (κ3) is 2.26. The molecule has 2 aromatic rings. The topological polar surface area (TPSA) is 30.7 Å². The van der Waals surface area contributed by atoms with E-state index in [9.17, 15) is 0 Å². The van der Waals surface area contributed by atoms with Gasteiger partial charge < -0.3 is 4.57 Å². The van der Waals surface area contributed by atoms with Gasteiger partial charge in [-0.15, -0.1) is 0 Å². The highest BCUT2D eigenvalue weighted by atomic mass is 127. The summed E-state index contributed by atoms with van der Waals surface area (Å²) in [5, 5.41) is 1.43. The maximum absolute atomic E-state index is 6.06. The Morgan fingerprint density at radius 3 is 3.06 bits per heavy atom. The molecule has 0 aliphatic heterocycles. The molecule has 2 heterocycles. The van der Waals surface area contributed by atoms with Crippen molar-refractivity contribution in [2.75, 3.05) is 0 Å². The molecular weight excluding hydrogens is 349 g/mol. The molecule has 3 rings (SSSR count). The fraction of sp³-hybridized carbons (Fsp3) is 0.333. The predicted octanol–water partition coefficient (Wildman–Crippen LogP) is 3.10. The molecule has 3 nitrogen and oxygen atoms in total. The first-order valence-corrected chi connectivity index (χ1v) is 6.84. The lowest BCUT2D eigenvalue weighted by Crippen LogP contribution is -1.95. The van der Waals surface area contributed by atoms with Crippen molar-refractivity contribution < 1.29 is 0 Å². The van der Waals surface area contributed by atoms with Gasteiger partial charge in [-0.1, -0.05) is 23.4 Å². The molecule has 0 N–H and O–H groups in total. The molecule has 1 fully saturated rings. The van der Waals surface area contributed by atoms with E-state index in [2.05, 4.69) is 44.4 Å². The number of nitrogens with zero attached hydrogens (tertiary/aromatic N) is 3. The van der Waals surface area contributed by atoms with Crippen LogP contribution in [0, 0.1) is 21.3 Å². The Morgan fingerprint density at radius 1 is 1.47 bits per heavy atom. The third-order valence-electron chi connectivity index (χ3n) is 2.69. The molecule has 2 aromatic heterocycles. The molecule has 17 heavy (non-hydrogen) atoms. The Morgan fingerprint density at radius 2 is 2.29 bits per heavy atom. The van der Waals surface area contributed by atoms with Gasteiger partial charge in [0.1, 0.15) is 17.1 Å². The Bertz CT molecular complexity index is 634. The highest BCUT2D eigenvalue weighted by molar-refractivity contribution is 14.1. The van der Waals surface area contributed by atoms with Crippen molar-refractivity contribution in [2.45, 2.75) is 19.4 Å². The van der Waals surface area contributed by atoms with Crippen LogP contribution in [-0.2, 0) is 6.54 Å². The summed E-state index contributed by atoms with van der Waals surface area (Å²) in [6.45, 7) is 0.670. The molecule has 0 radical (unpaired) electrons. The van der Waals surface area contributed by atoms with E-state index >= 15 is 0 Å². The molecular formula is C12H9ClIN3. The molecule has 86 valence electrons. The van der Waals surface area contributed by atoms with Crippen molar-refractivity contribution in [3.8, 4) is 11.8 Å². The van der Waals surface area contributed by atoms with Gasteiger partial charge in [-0.05, 0) is 35.4 Å². The summed E-state index contributed by atoms with van der Waals surface area (Å²) in [6.07, 6.45) is 6.02. The van der Waals surface area contributed by atoms with E-state index in [0.717, 1.165) is 14.6 Å². The lowest BCUT2D eigenvalue weighted by Gasteiger charge is -1.98. The molecule has 1 aliphatic carbocycles. The normalized spacial score (nSPS) is 14.7. The van der Waals surface area contributed by atoms with Crippen molar-refractivity contribution in [1.29, 1.82) is 0 Å². The highest BCUT2D eigenvalue weighted by Gasteiger charge is 2.17. The maximum atomic E-state index is 6.06. The van der Waals surface area contributed by atoms with E-state index in [-0.39, 0.29) is 0 Å². The lowest BCUT2D eigenvalue weighted by molar-refractivity contribution is 0.864. The lowest BCUT2D eigenvalue weighted by atomic mass is 10.4. The zero-order valence-corrected chi connectivity index (χ0v) is 11.9. The van der Waals surface area contributed by atoms with E-state index in [1.807, 2.05) is 10.8 Å². The SMILES string of the molecule is Clc1ncnc2c1c(I)cn2CC#CC1CC1. The molecule has 1 aliphatic rings. The van der Waals surface area contributed by atoms with Crippen molar-refractivity contribution in [2.24, 2.45) is 5.92 Å². The first-order valence-electron chi connectivity index (χ1n) is 5.39. The van der Waals surface area contributed by atoms with Gasteiger partial charge in [0.15, 0.2) is 0 Å². The van der Waals surface area contributed by atoms with Gasteiger partial charge in [-0.2, -0.15) is 0 Å². The van der Waals surface area contributed by atoms with Crippen molar-refractivity contribution >= 4 is 45.2 Å². The van der Waals surface area contributed by atoms with Gasteiger partial charge in [-0.25, -0.2) is 9.97 Å². The van der Waals surface area contributed by atoms with Crippen LogP contribution in [0.4, 0.5) is 0 Å². The van der Waals surface area contributed by atoms with Crippen LogP contribution >= 0.6 is 34.2 Å². The Kier molecular flexibility index (Phi) is 2.97. The minimum Gasteiger partial charge on any atom is -0.320 e. The van der Waals surface area contributed by atoms with Gasteiger partial charge in [0, 0.05) is 15.7 Å². The molecule has 0 aromatic carbocycles. The molecule has 0 amide bonds. The van der Waals surface area contributed by atoms with Crippen LogP contribution in [0.2, 0.25) is 5.15 Å².